The molecule has 1 amide bonds. The number of carbonyl (C=O) groups excluding carboxylic acids is 1. The number of hydrogen-bond acceptors (Lipinski definition) is 3. The van der Waals surface area contributed by atoms with Crippen molar-refractivity contribution in [1.29, 1.82) is 0 Å². The van der Waals surface area contributed by atoms with Crippen molar-refractivity contribution in [1.82, 2.24) is 0 Å². The highest BCUT2D eigenvalue weighted by molar-refractivity contribution is 5.91. The fourth-order valence-electron chi connectivity index (χ4n) is 1.70. The number of nitrogens with two attached hydrogens (primary N) is 1. The SMILES string of the molecule is NC1CC(OCC(=O)Nc2cccc(F)c2)C1. The zero-order valence-corrected chi connectivity index (χ0v) is 9.36. The van der Waals surface area contributed by atoms with Crippen molar-refractivity contribution in [2.75, 3.05) is 11.9 Å². The summed E-state index contributed by atoms with van der Waals surface area (Å²) >= 11 is 0. The molecule has 0 unspecified atom stereocenters. The molecule has 0 radical (unpaired) electrons. The van der Waals surface area contributed by atoms with Crippen molar-refractivity contribution in [3.8, 4) is 0 Å². The standard InChI is InChI=1S/C12H15FN2O2/c13-8-2-1-3-10(4-8)15-12(16)7-17-11-5-9(14)6-11/h1-4,9,11H,5-7,14H2,(H,15,16). The maximum absolute atomic E-state index is 12.8. The first-order valence-electron chi connectivity index (χ1n) is 5.56. The molecule has 1 saturated carbocycles. The predicted octanol–water partition coefficient (Wildman–Crippen LogP) is 1.27. The Morgan fingerprint density at radius 3 is 2.94 bits per heavy atom. The number of carbonyl (C=O) groups is 1. The molecule has 0 bridgehead atoms. The Hall–Kier alpha value is -1.46. The van der Waals surface area contributed by atoms with E-state index in [2.05, 4.69) is 5.32 Å². The van der Waals surface area contributed by atoms with Crippen molar-refractivity contribution in [2.24, 2.45) is 5.73 Å². The van der Waals surface area contributed by atoms with Crippen LogP contribution < -0.4 is 11.1 Å². The number of hydrogen-bond donors (Lipinski definition) is 2. The summed E-state index contributed by atoms with van der Waals surface area (Å²) in [5, 5.41) is 2.56. The average Bonchev–Trinajstić information content (AvgIpc) is 2.23. The van der Waals surface area contributed by atoms with E-state index >= 15 is 0 Å². The second-order valence-electron chi connectivity index (χ2n) is 4.22. The summed E-state index contributed by atoms with van der Waals surface area (Å²) < 4.78 is 18.2. The van der Waals surface area contributed by atoms with Gasteiger partial charge in [-0.25, -0.2) is 4.39 Å². The number of ether oxygens (including phenoxy) is 1. The lowest BCUT2D eigenvalue weighted by Crippen LogP contribution is -2.42. The van der Waals surface area contributed by atoms with Gasteiger partial charge in [0.15, 0.2) is 0 Å². The van der Waals surface area contributed by atoms with Crippen molar-refractivity contribution >= 4 is 11.6 Å². The third-order valence-corrected chi connectivity index (χ3v) is 2.69. The molecule has 2 rings (SSSR count). The second kappa shape index (κ2) is 5.25. The van der Waals surface area contributed by atoms with Gasteiger partial charge in [0.05, 0.1) is 6.10 Å². The van der Waals surface area contributed by atoms with E-state index in [1.807, 2.05) is 0 Å². The molecule has 1 aliphatic rings. The van der Waals surface area contributed by atoms with Gasteiger partial charge < -0.3 is 15.8 Å². The average molecular weight is 238 g/mol. The third-order valence-electron chi connectivity index (χ3n) is 2.69. The molecule has 0 spiro atoms. The molecule has 92 valence electrons. The summed E-state index contributed by atoms with van der Waals surface area (Å²) in [5.41, 5.74) is 6.03. The summed E-state index contributed by atoms with van der Waals surface area (Å²) in [6.45, 7) is -0.0199. The Balaban J connectivity index is 1.73. The van der Waals surface area contributed by atoms with Crippen molar-refractivity contribution in [3.63, 3.8) is 0 Å². The molecule has 3 N–H and O–H groups in total. The molecule has 0 saturated heterocycles. The minimum atomic E-state index is -0.381. The van der Waals surface area contributed by atoms with Gasteiger partial charge in [-0.1, -0.05) is 6.07 Å². The van der Waals surface area contributed by atoms with E-state index in [9.17, 15) is 9.18 Å². The van der Waals surface area contributed by atoms with Crippen LogP contribution in [0.1, 0.15) is 12.8 Å². The van der Waals surface area contributed by atoms with Gasteiger partial charge in [0.1, 0.15) is 12.4 Å². The maximum Gasteiger partial charge on any atom is 0.250 e. The lowest BCUT2D eigenvalue weighted by atomic mass is 9.90. The molecule has 17 heavy (non-hydrogen) atoms. The van der Waals surface area contributed by atoms with Gasteiger partial charge >= 0.3 is 0 Å². The quantitative estimate of drug-likeness (QED) is 0.830. The normalized spacial score (nSPS) is 22.9. The molecule has 0 aliphatic heterocycles. The first kappa shape index (κ1) is 12.0. The third kappa shape index (κ3) is 3.51. The van der Waals surface area contributed by atoms with E-state index < -0.39 is 0 Å². The summed E-state index contributed by atoms with van der Waals surface area (Å²) in [5.74, 6) is -0.662. The molecule has 1 aliphatic carbocycles. The van der Waals surface area contributed by atoms with Gasteiger partial charge in [-0.05, 0) is 31.0 Å². The van der Waals surface area contributed by atoms with Crippen LogP contribution in [0.5, 0.6) is 0 Å². The lowest BCUT2D eigenvalue weighted by Gasteiger charge is -2.31. The van der Waals surface area contributed by atoms with Crippen LogP contribution in [0.25, 0.3) is 0 Å². The van der Waals surface area contributed by atoms with Gasteiger partial charge in [-0.2, -0.15) is 0 Å². The van der Waals surface area contributed by atoms with Crippen molar-refractivity contribution in [2.45, 2.75) is 25.0 Å². The Bertz CT molecular complexity index is 405. The molecule has 0 aromatic heterocycles. The fraction of sp³-hybridized carbons (Fsp3) is 0.417. The largest absolute Gasteiger partial charge is 0.368 e. The van der Waals surface area contributed by atoms with Crippen LogP contribution >= 0.6 is 0 Å². The zero-order chi connectivity index (χ0) is 12.3. The highest BCUT2D eigenvalue weighted by Gasteiger charge is 2.26. The Labute approximate surface area is 98.9 Å². The van der Waals surface area contributed by atoms with E-state index in [4.69, 9.17) is 10.5 Å². The maximum atomic E-state index is 12.8. The number of amides is 1. The summed E-state index contributed by atoms with van der Waals surface area (Å²) in [7, 11) is 0. The monoisotopic (exact) mass is 238 g/mol. The first-order chi connectivity index (χ1) is 8.13. The summed E-state index contributed by atoms with van der Waals surface area (Å²) in [6.07, 6.45) is 1.68. The highest BCUT2D eigenvalue weighted by atomic mass is 19.1. The van der Waals surface area contributed by atoms with Crippen molar-refractivity contribution < 1.29 is 13.9 Å². The molecular formula is C12H15FN2O2. The van der Waals surface area contributed by atoms with E-state index in [0.717, 1.165) is 12.8 Å². The summed E-state index contributed by atoms with van der Waals surface area (Å²) in [4.78, 5) is 11.5. The first-order valence-corrected chi connectivity index (χ1v) is 5.56. The Morgan fingerprint density at radius 2 is 2.29 bits per heavy atom. The number of nitrogens with one attached hydrogen (secondary N) is 1. The van der Waals surface area contributed by atoms with Gasteiger partial charge in [-0.3, -0.25) is 4.79 Å². The number of halogens is 1. The number of anilines is 1. The smallest absolute Gasteiger partial charge is 0.250 e. The second-order valence-corrected chi connectivity index (χ2v) is 4.22. The molecule has 1 fully saturated rings. The van der Waals surface area contributed by atoms with E-state index in [1.54, 1.807) is 6.07 Å². The van der Waals surface area contributed by atoms with Crippen LogP contribution in [0.15, 0.2) is 24.3 Å². The molecular weight excluding hydrogens is 223 g/mol. The van der Waals surface area contributed by atoms with Crippen LogP contribution in [-0.4, -0.2) is 24.7 Å². The number of benzene rings is 1. The van der Waals surface area contributed by atoms with Crippen LogP contribution in [-0.2, 0) is 9.53 Å². The predicted molar refractivity (Wildman–Crippen MR) is 62.0 cm³/mol. The fourth-order valence-corrected chi connectivity index (χ4v) is 1.70. The van der Waals surface area contributed by atoms with Crippen LogP contribution in [0.2, 0.25) is 0 Å². The molecule has 4 nitrogen and oxygen atoms in total. The molecule has 0 atom stereocenters. The van der Waals surface area contributed by atoms with Gasteiger partial charge in [0.25, 0.3) is 0 Å². The molecule has 1 aromatic rings. The van der Waals surface area contributed by atoms with Gasteiger partial charge in [0.2, 0.25) is 5.91 Å². The van der Waals surface area contributed by atoms with Crippen LogP contribution in [0.3, 0.4) is 0 Å². The molecule has 1 aromatic carbocycles. The molecule has 0 heterocycles. The highest BCUT2D eigenvalue weighted by Crippen LogP contribution is 2.20. The Morgan fingerprint density at radius 1 is 1.53 bits per heavy atom. The number of rotatable bonds is 4. The van der Waals surface area contributed by atoms with Crippen LogP contribution in [0.4, 0.5) is 10.1 Å². The van der Waals surface area contributed by atoms with Gasteiger partial charge in [-0.15, -0.1) is 0 Å². The van der Waals surface area contributed by atoms with Crippen LogP contribution in [0, 0.1) is 5.82 Å². The van der Waals surface area contributed by atoms with E-state index in [-0.39, 0.29) is 30.5 Å². The van der Waals surface area contributed by atoms with E-state index in [0.29, 0.717) is 5.69 Å². The Kier molecular flexibility index (Phi) is 3.71. The minimum absolute atomic E-state index is 0.0199. The lowest BCUT2D eigenvalue weighted by molar-refractivity contribution is -0.124. The topological polar surface area (TPSA) is 64.3 Å². The molecule has 5 heteroatoms. The zero-order valence-electron chi connectivity index (χ0n) is 9.36. The summed E-state index contributed by atoms with van der Waals surface area (Å²) in [6, 6.07) is 5.95. The van der Waals surface area contributed by atoms with Crippen molar-refractivity contribution in [3.05, 3.63) is 30.1 Å². The minimum Gasteiger partial charge on any atom is -0.368 e. The van der Waals surface area contributed by atoms with E-state index in [1.165, 1.54) is 18.2 Å². The van der Waals surface area contributed by atoms with Gasteiger partial charge in [0, 0.05) is 11.7 Å².